The van der Waals surface area contributed by atoms with E-state index in [1.165, 1.54) is 0 Å². The summed E-state index contributed by atoms with van der Waals surface area (Å²) in [7, 11) is 0. The fourth-order valence-corrected chi connectivity index (χ4v) is 2.42. The Labute approximate surface area is 118 Å². The van der Waals surface area contributed by atoms with Crippen molar-refractivity contribution < 1.29 is 9.15 Å². The number of aromatic nitrogens is 2. The van der Waals surface area contributed by atoms with E-state index in [0.717, 1.165) is 48.5 Å². The van der Waals surface area contributed by atoms with Crippen LogP contribution in [0.4, 0.5) is 5.82 Å². The van der Waals surface area contributed by atoms with Crippen LogP contribution >= 0.6 is 0 Å². The fourth-order valence-electron chi connectivity index (χ4n) is 2.42. The number of nitrogens with zero attached hydrogens (tertiary/aromatic N) is 2. The molecule has 1 aliphatic heterocycles. The molecule has 3 rings (SSSR count). The van der Waals surface area contributed by atoms with E-state index in [-0.39, 0.29) is 0 Å². The second kappa shape index (κ2) is 5.63. The summed E-state index contributed by atoms with van der Waals surface area (Å²) in [6.07, 6.45) is 1.03. The van der Waals surface area contributed by atoms with Gasteiger partial charge in [0.2, 0.25) is 0 Å². The molecular formula is C15H19N3O2. The summed E-state index contributed by atoms with van der Waals surface area (Å²) < 4.78 is 11.0. The van der Waals surface area contributed by atoms with E-state index >= 15 is 0 Å². The summed E-state index contributed by atoms with van der Waals surface area (Å²) in [5.74, 6) is 3.85. The minimum atomic E-state index is 0.392. The number of anilines is 1. The van der Waals surface area contributed by atoms with Crippen LogP contribution in [-0.2, 0) is 11.3 Å². The van der Waals surface area contributed by atoms with Gasteiger partial charge in [0.15, 0.2) is 0 Å². The molecule has 106 valence electrons. The standard InChI is InChI=1S/C15H19N3O2/c1-10-3-4-13(20-10)8-16-15-7-14(17-11(2)18-15)12-5-6-19-9-12/h3-4,7,12H,5-6,8-9H2,1-2H3,(H,16,17,18). The van der Waals surface area contributed by atoms with Gasteiger partial charge in [-0.15, -0.1) is 0 Å². The van der Waals surface area contributed by atoms with Crippen LogP contribution in [0.2, 0.25) is 0 Å². The van der Waals surface area contributed by atoms with Crippen molar-refractivity contribution in [1.29, 1.82) is 0 Å². The molecule has 1 N–H and O–H groups in total. The van der Waals surface area contributed by atoms with Crippen molar-refractivity contribution in [2.24, 2.45) is 0 Å². The molecule has 1 unspecified atom stereocenters. The molecule has 0 saturated carbocycles. The summed E-state index contributed by atoms with van der Waals surface area (Å²) in [6, 6.07) is 5.95. The summed E-state index contributed by atoms with van der Waals surface area (Å²) in [4.78, 5) is 8.94. The molecule has 3 heterocycles. The number of rotatable bonds is 4. The largest absolute Gasteiger partial charge is 0.465 e. The molecule has 5 nitrogen and oxygen atoms in total. The molecule has 0 aromatic carbocycles. The topological polar surface area (TPSA) is 60.2 Å². The van der Waals surface area contributed by atoms with Crippen LogP contribution in [0.5, 0.6) is 0 Å². The smallest absolute Gasteiger partial charge is 0.130 e. The Morgan fingerprint density at radius 2 is 2.20 bits per heavy atom. The summed E-state index contributed by atoms with van der Waals surface area (Å²) in [6.45, 7) is 6.07. The van der Waals surface area contributed by atoms with E-state index in [4.69, 9.17) is 9.15 Å². The predicted octanol–water partition coefficient (Wildman–Crippen LogP) is 2.80. The average molecular weight is 273 g/mol. The van der Waals surface area contributed by atoms with Crippen molar-refractivity contribution in [2.75, 3.05) is 18.5 Å². The molecule has 1 aliphatic rings. The zero-order valence-corrected chi connectivity index (χ0v) is 11.8. The third-order valence-corrected chi connectivity index (χ3v) is 3.45. The molecule has 0 radical (unpaired) electrons. The molecule has 2 aromatic heterocycles. The van der Waals surface area contributed by atoms with Crippen LogP contribution in [0.3, 0.4) is 0 Å². The van der Waals surface area contributed by atoms with Crippen molar-refractivity contribution in [1.82, 2.24) is 9.97 Å². The van der Waals surface area contributed by atoms with E-state index in [1.807, 2.05) is 32.0 Å². The molecule has 0 aliphatic carbocycles. The summed E-state index contributed by atoms with van der Waals surface area (Å²) in [5.41, 5.74) is 1.06. The van der Waals surface area contributed by atoms with Crippen LogP contribution in [0.15, 0.2) is 22.6 Å². The zero-order valence-electron chi connectivity index (χ0n) is 11.8. The molecule has 1 fully saturated rings. The van der Waals surface area contributed by atoms with Gasteiger partial charge in [-0.1, -0.05) is 0 Å². The van der Waals surface area contributed by atoms with E-state index in [9.17, 15) is 0 Å². The highest BCUT2D eigenvalue weighted by Crippen LogP contribution is 2.25. The maximum absolute atomic E-state index is 5.54. The monoisotopic (exact) mass is 273 g/mol. The van der Waals surface area contributed by atoms with Gasteiger partial charge in [0, 0.05) is 18.6 Å². The van der Waals surface area contributed by atoms with E-state index in [0.29, 0.717) is 12.5 Å². The lowest BCUT2D eigenvalue weighted by Crippen LogP contribution is -2.07. The number of aryl methyl sites for hydroxylation is 2. The van der Waals surface area contributed by atoms with E-state index in [1.54, 1.807) is 0 Å². The van der Waals surface area contributed by atoms with Gasteiger partial charge < -0.3 is 14.5 Å². The highest BCUT2D eigenvalue weighted by Gasteiger charge is 2.20. The van der Waals surface area contributed by atoms with Gasteiger partial charge in [-0.05, 0) is 32.4 Å². The molecular weight excluding hydrogens is 254 g/mol. The van der Waals surface area contributed by atoms with Gasteiger partial charge >= 0.3 is 0 Å². The quantitative estimate of drug-likeness (QED) is 0.928. The normalized spacial score (nSPS) is 18.4. The Bertz CT molecular complexity index is 589. The number of hydrogen-bond donors (Lipinski definition) is 1. The lowest BCUT2D eigenvalue weighted by molar-refractivity contribution is 0.193. The number of nitrogens with one attached hydrogen (secondary N) is 1. The highest BCUT2D eigenvalue weighted by atomic mass is 16.5. The van der Waals surface area contributed by atoms with Crippen LogP contribution in [-0.4, -0.2) is 23.2 Å². The van der Waals surface area contributed by atoms with Gasteiger partial charge in [0.25, 0.3) is 0 Å². The Morgan fingerprint density at radius 3 is 2.90 bits per heavy atom. The van der Waals surface area contributed by atoms with Crippen LogP contribution < -0.4 is 5.32 Å². The van der Waals surface area contributed by atoms with Crippen molar-refractivity contribution >= 4 is 5.82 Å². The predicted molar refractivity (Wildman–Crippen MR) is 75.7 cm³/mol. The van der Waals surface area contributed by atoms with Crippen molar-refractivity contribution in [2.45, 2.75) is 32.7 Å². The molecule has 1 atom stereocenters. The minimum absolute atomic E-state index is 0.392. The molecule has 5 heteroatoms. The first kappa shape index (κ1) is 13.1. The summed E-state index contributed by atoms with van der Waals surface area (Å²) >= 11 is 0. The molecule has 2 aromatic rings. The number of ether oxygens (including phenoxy) is 1. The Balaban J connectivity index is 1.72. The molecule has 0 spiro atoms. The maximum atomic E-state index is 5.54. The third-order valence-electron chi connectivity index (χ3n) is 3.45. The SMILES string of the molecule is Cc1nc(NCc2ccc(C)o2)cc(C2CCOC2)n1. The second-order valence-electron chi connectivity index (χ2n) is 5.15. The molecule has 20 heavy (non-hydrogen) atoms. The van der Waals surface area contributed by atoms with Gasteiger partial charge in [-0.3, -0.25) is 0 Å². The van der Waals surface area contributed by atoms with Gasteiger partial charge in [0.1, 0.15) is 23.2 Å². The first-order valence-corrected chi connectivity index (χ1v) is 6.93. The zero-order chi connectivity index (χ0) is 13.9. The van der Waals surface area contributed by atoms with E-state index in [2.05, 4.69) is 15.3 Å². The minimum Gasteiger partial charge on any atom is -0.465 e. The van der Waals surface area contributed by atoms with Gasteiger partial charge in [-0.2, -0.15) is 0 Å². The van der Waals surface area contributed by atoms with Gasteiger partial charge in [-0.25, -0.2) is 9.97 Å². The average Bonchev–Trinajstić information content (AvgIpc) is 3.07. The summed E-state index contributed by atoms with van der Waals surface area (Å²) in [5, 5.41) is 3.29. The van der Waals surface area contributed by atoms with E-state index < -0.39 is 0 Å². The number of hydrogen-bond acceptors (Lipinski definition) is 5. The van der Waals surface area contributed by atoms with Crippen molar-refractivity contribution in [3.63, 3.8) is 0 Å². The Morgan fingerprint density at radius 1 is 1.30 bits per heavy atom. The van der Waals surface area contributed by atoms with Crippen LogP contribution in [0.1, 0.15) is 35.4 Å². The first-order chi connectivity index (χ1) is 9.70. The van der Waals surface area contributed by atoms with Crippen molar-refractivity contribution in [3.05, 3.63) is 41.2 Å². The van der Waals surface area contributed by atoms with Crippen LogP contribution in [0, 0.1) is 13.8 Å². The second-order valence-corrected chi connectivity index (χ2v) is 5.15. The third kappa shape index (κ3) is 2.99. The van der Waals surface area contributed by atoms with Gasteiger partial charge in [0.05, 0.1) is 18.8 Å². The maximum Gasteiger partial charge on any atom is 0.130 e. The lowest BCUT2D eigenvalue weighted by atomic mass is 10.0. The fraction of sp³-hybridized carbons (Fsp3) is 0.467. The van der Waals surface area contributed by atoms with Crippen LogP contribution in [0.25, 0.3) is 0 Å². The lowest BCUT2D eigenvalue weighted by Gasteiger charge is -2.11. The Kier molecular flexibility index (Phi) is 3.69. The number of furan rings is 1. The first-order valence-electron chi connectivity index (χ1n) is 6.93. The molecule has 0 bridgehead atoms. The Hall–Kier alpha value is -1.88. The molecule has 1 saturated heterocycles. The highest BCUT2D eigenvalue weighted by molar-refractivity contribution is 5.37. The van der Waals surface area contributed by atoms with Crippen molar-refractivity contribution in [3.8, 4) is 0 Å². The molecule has 0 amide bonds.